The van der Waals surface area contributed by atoms with E-state index in [-0.39, 0.29) is 0 Å². The first kappa shape index (κ1) is 26.7. The SMILES string of the molecule is CCCCCCCCC(CC(F)(F)F)C(OCCC)(OCCC)OCCC. The van der Waals surface area contributed by atoms with E-state index in [4.69, 9.17) is 14.2 Å². The lowest BCUT2D eigenvalue weighted by Crippen LogP contribution is -2.48. The highest BCUT2D eigenvalue weighted by atomic mass is 19.4. The van der Waals surface area contributed by atoms with Gasteiger partial charge in [0.1, 0.15) is 0 Å². The second-order valence-electron chi connectivity index (χ2n) is 7.22. The van der Waals surface area contributed by atoms with E-state index in [9.17, 15) is 13.2 Å². The Hall–Kier alpha value is -0.330. The average molecular weight is 399 g/mol. The Morgan fingerprint density at radius 3 is 1.48 bits per heavy atom. The van der Waals surface area contributed by atoms with Gasteiger partial charge in [-0.05, 0) is 25.7 Å². The zero-order chi connectivity index (χ0) is 20.6. The van der Waals surface area contributed by atoms with Gasteiger partial charge in [0.25, 0.3) is 5.97 Å². The fourth-order valence-electron chi connectivity index (χ4n) is 3.07. The smallest absolute Gasteiger partial charge is 0.327 e. The van der Waals surface area contributed by atoms with Gasteiger partial charge in [0, 0.05) is 5.92 Å². The molecule has 6 heteroatoms. The van der Waals surface area contributed by atoms with E-state index >= 15 is 0 Å². The molecule has 0 rings (SSSR count). The lowest BCUT2D eigenvalue weighted by Gasteiger charge is -2.40. The molecule has 1 atom stereocenters. The van der Waals surface area contributed by atoms with E-state index in [1.807, 2.05) is 20.8 Å². The van der Waals surface area contributed by atoms with Crippen molar-refractivity contribution in [3.63, 3.8) is 0 Å². The van der Waals surface area contributed by atoms with Gasteiger partial charge in [-0.1, -0.05) is 66.2 Å². The van der Waals surface area contributed by atoms with Crippen LogP contribution in [-0.2, 0) is 14.2 Å². The second-order valence-corrected chi connectivity index (χ2v) is 7.22. The van der Waals surface area contributed by atoms with Crippen LogP contribution in [0.2, 0.25) is 0 Å². The summed E-state index contributed by atoms with van der Waals surface area (Å²) in [5.41, 5.74) is 0. The topological polar surface area (TPSA) is 27.7 Å². The van der Waals surface area contributed by atoms with Crippen LogP contribution in [0.25, 0.3) is 0 Å². The van der Waals surface area contributed by atoms with Gasteiger partial charge in [-0.25, -0.2) is 0 Å². The van der Waals surface area contributed by atoms with E-state index in [1.54, 1.807) is 0 Å². The maximum Gasteiger partial charge on any atom is 0.389 e. The molecule has 0 aliphatic carbocycles. The molecule has 0 radical (unpaired) electrons. The molecule has 0 spiro atoms. The highest BCUT2D eigenvalue weighted by Crippen LogP contribution is 2.39. The van der Waals surface area contributed by atoms with Crippen molar-refractivity contribution in [3.05, 3.63) is 0 Å². The minimum atomic E-state index is -4.28. The van der Waals surface area contributed by atoms with Gasteiger partial charge in [0.15, 0.2) is 0 Å². The molecule has 0 aromatic carbocycles. The predicted molar refractivity (Wildman–Crippen MR) is 104 cm³/mol. The minimum Gasteiger partial charge on any atom is -0.327 e. The molecule has 0 N–H and O–H groups in total. The quantitative estimate of drug-likeness (QED) is 0.180. The maximum absolute atomic E-state index is 13.3. The fraction of sp³-hybridized carbons (Fsp3) is 1.00. The number of alkyl halides is 3. The number of unbranched alkanes of at least 4 members (excludes halogenated alkanes) is 5. The van der Waals surface area contributed by atoms with Crippen molar-refractivity contribution in [1.29, 1.82) is 0 Å². The monoisotopic (exact) mass is 398 g/mol. The standard InChI is InChI=1S/C21H41F3O3/c1-5-9-10-11-12-13-14-19(18-20(22,23)24)21(25-15-6-2,26-16-7-3)27-17-8-4/h19H,5-18H2,1-4H3. The van der Waals surface area contributed by atoms with Gasteiger partial charge in [0.05, 0.1) is 26.2 Å². The van der Waals surface area contributed by atoms with Crippen LogP contribution in [0.4, 0.5) is 13.2 Å². The summed E-state index contributed by atoms with van der Waals surface area (Å²) in [7, 11) is 0. The van der Waals surface area contributed by atoms with Crippen molar-refractivity contribution >= 4 is 0 Å². The number of hydrogen-bond donors (Lipinski definition) is 0. The predicted octanol–water partition coefficient (Wildman–Crippen LogP) is 7.24. The first-order valence-electron chi connectivity index (χ1n) is 10.8. The van der Waals surface area contributed by atoms with Crippen LogP contribution in [-0.4, -0.2) is 32.0 Å². The normalized spacial score (nSPS) is 13.9. The fourth-order valence-corrected chi connectivity index (χ4v) is 3.07. The molecule has 3 nitrogen and oxygen atoms in total. The van der Waals surface area contributed by atoms with Crippen LogP contribution in [0.5, 0.6) is 0 Å². The van der Waals surface area contributed by atoms with Crippen LogP contribution in [0.1, 0.15) is 98.3 Å². The minimum absolute atomic E-state index is 0.318. The summed E-state index contributed by atoms with van der Waals surface area (Å²) in [5, 5.41) is 0. The molecule has 0 saturated carbocycles. The molecule has 0 aromatic rings. The molecular formula is C21H41F3O3. The Balaban J connectivity index is 5.23. The first-order valence-corrected chi connectivity index (χ1v) is 10.8. The summed E-state index contributed by atoms with van der Waals surface area (Å²) < 4.78 is 57.5. The zero-order valence-electron chi connectivity index (χ0n) is 17.8. The summed E-state index contributed by atoms with van der Waals surface area (Å²) in [6.07, 6.45) is 3.44. The molecule has 27 heavy (non-hydrogen) atoms. The Labute approximate surface area is 164 Å². The van der Waals surface area contributed by atoms with Gasteiger partial charge in [-0.15, -0.1) is 0 Å². The third-order valence-corrected chi connectivity index (χ3v) is 4.41. The summed E-state index contributed by atoms with van der Waals surface area (Å²) in [6, 6.07) is 0. The van der Waals surface area contributed by atoms with E-state index in [1.165, 1.54) is 6.42 Å². The summed E-state index contributed by atoms with van der Waals surface area (Å²) in [6.45, 7) is 8.88. The van der Waals surface area contributed by atoms with Gasteiger partial charge in [0.2, 0.25) is 0 Å². The molecule has 0 amide bonds. The van der Waals surface area contributed by atoms with Crippen LogP contribution in [0, 0.1) is 5.92 Å². The van der Waals surface area contributed by atoms with Crippen molar-refractivity contribution < 1.29 is 27.4 Å². The van der Waals surface area contributed by atoms with Crippen LogP contribution < -0.4 is 0 Å². The molecule has 0 aromatic heterocycles. The van der Waals surface area contributed by atoms with Crippen LogP contribution in [0.3, 0.4) is 0 Å². The zero-order valence-corrected chi connectivity index (χ0v) is 17.8. The molecule has 1 unspecified atom stereocenters. The number of rotatable bonds is 18. The molecular weight excluding hydrogens is 357 g/mol. The lowest BCUT2D eigenvalue weighted by molar-refractivity contribution is -0.412. The van der Waals surface area contributed by atoms with E-state index in [0.717, 1.165) is 32.1 Å². The molecule has 0 heterocycles. The van der Waals surface area contributed by atoms with Gasteiger partial charge in [-0.3, -0.25) is 0 Å². The van der Waals surface area contributed by atoms with E-state index < -0.39 is 24.5 Å². The van der Waals surface area contributed by atoms with Crippen LogP contribution in [0.15, 0.2) is 0 Å². The maximum atomic E-state index is 13.3. The summed E-state index contributed by atoms with van der Waals surface area (Å²) in [4.78, 5) is 0. The van der Waals surface area contributed by atoms with Crippen molar-refractivity contribution in [2.24, 2.45) is 5.92 Å². The summed E-state index contributed by atoms with van der Waals surface area (Å²) in [5.74, 6) is -2.45. The van der Waals surface area contributed by atoms with E-state index in [2.05, 4.69) is 6.92 Å². The van der Waals surface area contributed by atoms with Gasteiger partial charge < -0.3 is 14.2 Å². The molecule has 0 fully saturated rings. The Kier molecular flexibility index (Phi) is 15.4. The van der Waals surface area contributed by atoms with Crippen molar-refractivity contribution in [1.82, 2.24) is 0 Å². The molecule has 164 valence electrons. The van der Waals surface area contributed by atoms with Crippen molar-refractivity contribution in [3.8, 4) is 0 Å². The number of hydrogen-bond acceptors (Lipinski definition) is 3. The van der Waals surface area contributed by atoms with Gasteiger partial charge in [-0.2, -0.15) is 13.2 Å². The molecule has 0 bridgehead atoms. The average Bonchev–Trinajstić information content (AvgIpc) is 2.62. The van der Waals surface area contributed by atoms with E-state index in [0.29, 0.717) is 45.5 Å². The van der Waals surface area contributed by atoms with Crippen LogP contribution >= 0.6 is 0 Å². The van der Waals surface area contributed by atoms with Crippen molar-refractivity contribution in [2.45, 2.75) is 110 Å². The van der Waals surface area contributed by atoms with Gasteiger partial charge >= 0.3 is 6.18 Å². The first-order chi connectivity index (χ1) is 12.8. The highest BCUT2D eigenvalue weighted by Gasteiger charge is 2.47. The Bertz CT molecular complexity index is 313. The third kappa shape index (κ3) is 12.7. The number of ether oxygens (including phenoxy) is 3. The summed E-state index contributed by atoms with van der Waals surface area (Å²) >= 11 is 0. The lowest BCUT2D eigenvalue weighted by atomic mass is 9.93. The highest BCUT2D eigenvalue weighted by molar-refractivity contribution is 4.76. The number of halogens is 3. The largest absolute Gasteiger partial charge is 0.389 e. The van der Waals surface area contributed by atoms with Crippen molar-refractivity contribution in [2.75, 3.05) is 19.8 Å². The Morgan fingerprint density at radius 2 is 1.07 bits per heavy atom. The molecule has 0 saturated heterocycles. The Morgan fingerprint density at radius 1 is 0.630 bits per heavy atom. The molecule has 0 aliphatic heterocycles. The molecule has 0 aliphatic rings. The second kappa shape index (κ2) is 15.6. The third-order valence-electron chi connectivity index (χ3n) is 4.41.